The first-order valence-electron chi connectivity index (χ1n) is 7.07. The van der Waals surface area contributed by atoms with E-state index in [0.29, 0.717) is 6.04 Å². The van der Waals surface area contributed by atoms with Gasteiger partial charge in [-0.2, -0.15) is 0 Å². The third kappa shape index (κ3) is 3.69. The van der Waals surface area contributed by atoms with Gasteiger partial charge in [0.25, 0.3) is 0 Å². The summed E-state index contributed by atoms with van der Waals surface area (Å²) < 4.78 is 5.19. The van der Waals surface area contributed by atoms with E-state index in [-0.39, 0.29) is 6.04 Å². The van der Waals surface area contributed by atoms with Gasteiger partial charge in [-0.15, -0.1) is 0 Å². The summed E-state index contributed by atoms with van der Waals surface area (Å²) in [5.41, 5.74) is 2.03. The Labute approximate surface area is 120 Å². The normalized spacial score (nSPS) is 18.1. The Morgan fingerprint density at radius 3 is 2.58 bits per heavy atom. The molecule has 1 heterocycles. The van der Waals surface area contributed by atoms with E-state index in [0.717, 1.165) is 22.1 Å². The van der Waals surface area contributed by atoms with Gasteiger partial charge in [-0.3, -0.25) is 0 Å². The van der Waals surface area contributed by atoms with Gasteiger partial charge in [0.2, 0.25) is 0 Å². The summed E-state index contributed by atoms with van der Waals surface area (Å²) in [5, 5.41) is 11.5. The second-order valence-corrected chi connectivity index (χ2v) is 5.82. The molecule has 0 saturated heterocycles. The lowest BCUT2D eigenvalue weighted by molar-refractivity contribution is 0.391. The second kappa shape index (κ2) is 6.37. The molecule has 0 spiro atoms. The number of nitrogens with zero attached hydrogens (tertiary/aromatic N) is 1. The van der Waals surface area contributed by atoms with Crippen LogP contribution in [0.2, 0.25) is 0 Å². The summed E-state index contributed by atoms with van der Waals surface area (Å²) >= 11 is 5.40. The van der Waals surface area contributed by atoms with Crippen molar-refractivity contribution >= 4 is 17.3 Å². The Morgan fingerprint density at radius 1 is 1.32 bits per heavy atom. The Hall–Kier alpha value is -1.10. The molecule has 2 N–H and O–H groups in total. The summed E-state index contributed by atoms with van der Waals surface area (Å²) in [6, 6.07) is 0.653. The number of hydrogen-bond donors (Lipinski definition) is 2. The van der Waals surface area contributed by atoms with Crippen molar-refractivity contribution in [2.24, 2.45) is 0 Å². The summed E-state index contributed by atoms with van der Waals surface area (Å²) in [7, 11) is 0. The van der Waals surface area contributed by atoms with E-state index >= 15 is 0 Å². The van der Waals surface area contributed by atoms with Crippen molar-refractivity contribution in [3.63, 3.8) is 0 Å². The Balaban J connectivity index is 1.88. The molecule has 1 saturated carbocycles. The third-order valence-electron chi connectivity index (χ3n) is 3.81. The van der Waals surface area contributed by atoms with Crippen LogP contribution < -0.4 is 10.6 Å². The van der Waals surface area contributed by atoms with Crippen LogP contribution in [0.4, 0.5) is 0 Å². The second-order valence-electron chi connectivity index (χ2n) is 5.41. The van der Waals surface area contributed by atoms with Crippen LogP contribution in [0.3, 0.4) is 0 Å². The summed E-state index contributed by atoms with van der Waals surface area (Å²) in [4.78, 5) is 0. The molecule has 1 aromatic rings. The molecule has 0 aromatic carbocycles. The first-order chi connectivity index (χ1) is 9.08. The van der Waals surface area contributed by atoms with Crippen molar-refractivity contribution in [1.29, 1.82) is 0 Å². The number of rotatable bonds is 3. The van der Waals surface area contributed by atoms with Gasteiger partial charge >= 0.3 is 0 Å². The zero-order chi connectivity index (χ0) is 13.8. The number of nitrogens with one attached hydrogen (secondary N) is 2. The van der Waals surface area contributed by atoms with Crippen LogP contribution in [0.25, 0.3) is 0 Å². The highest BCUT2D eigenvalue weighted by molar-refractivity contribution is 7.80. The Kier molecular flexibility index (Phi) is 4.80. The molecule has 19 heavy (non-hydrogen) atoms. The summed E-state index contributed by atoms with van der Waals surface area (Å²) in [5.74, 6) is 0.859. The van der Waals surface area contributed by atoms with Crippen molar-refractivity contribution in [3.05, 3.63) is 17.0 Å². The van der Waals surface area contributed by atoms with Crippen molar-refractivity contribution in [2.75, 3.05) is 0 Å². The van der Waals surface area contributed by atoms with Gasteiger partial charge in [-0.1, -0.05) is 24.4 Å². The highest BCUT2D eigenvalue weighted by atomic mass is 32.1. The van der Waals surface area contributed by atoms with Gasteiger partial charge in [0, 0.05) is 11.6 Å². The monoisotopic (exact) mass is 281 g/mol. The van der Waals surface area contributed by atoms with E-state index in [9.17, 15) is 0 Å². The van der Waals surface area contributed by atoms with Crippen molar-refractivity contribution < 1.29 is 4.52 Å². The fourth-order valence-electron chi connectivity index (χ4n) is 2.85. The van der Waals surface area contributed by atoms with Crippen molar-refractivity contribution in [2.45, 2.75) is 65.0 Å². The number of aryl methyl sites for hydroxylation is 2. The zero-order valence-electron chi connectivity index (χ0n) is 12.0. The predicted octanol–water partition coefficient (Wildman–Crippen LogP) is 3.15. The highest BCUT2D eigenvalue weighted by Gasteiger charge is 2.19. The number of aromatic nitrogens is 1. The summed E-state index contributed by atoms with van der Waals surface area (Å²) in [6.45, 7) is 5.98. The molecule has 2 rings (SSSR count). The standard InChI is InChI=1S/C14H23N3OS/c1-9(13-10(2)17-18-11(13)3)15-14(19)16-12-7-5-4-6-8-12/h9,12H,4-8H2,1-3H3,(H2,15,16,19). The molecular formula is C14H23N3OS. The fourth-order valence-corrected chi connectivity index (χ4v) is 3.19. The molecule has 1 aliphatic rings. The average Bonchev–Trinajstić information content (AvgIpc) is 2.70. The molecule has 1 aromatic heterocycles. The Morgan fingerprint density at radius 2 is 2.00 bits per heavy atom. The molecule has 1 atom stereocenters. The van der Waals surface area contributed by atoms with E-state index < -0.39 is 0 Å². The minimum Gasteiger partial charge on any atom is -0.361 e. The molecular weight excluding hydrogens is 258 g/mol. The predicted molar refractivity (Wildman–Crippen MR) is 80.1 cm³/mol. The van der Waals surface area contributed by atoms with Gasteiger partial charge in [0.05, 0.1) is 11.7 Å². The molecule has 1 fully saturated rings. The van der Waals surface area contributed by atoms with Crippen molar-refractivity contribution in [1.82, 2.24) is 15.8 Å². The maximum atomic E-state index is 5.40. The van der Waals surface area contributed by atoms with Crippen LogP contribution in [-0.2, 0) is 0 Å². The van der Waals surface area contributed by atoms with Crippen LogP contribution in [0.1, 0.15) is 62.1 Å². The van der Waals surface area contributed by atoms with E-state index in [2.05, 4.69) is 22.7 Å². The topological polar surface area (TPSA) is 50.1 Å². The van der Waals surface area contributed by atoms with Crippen LogP contribution in [0.15, 0.2) is 4.52 Å². The van der Waals surface area contributed by atoms with Gasteiger partial charge in [0.1, 0.15) is 5.76 Å². The maximum Gasteiger partial charge on any atom is 0.166 e. The molecule has 4 nitrogen and oxygen atoms in total. The van der Waals surface area contributed by atoms with Crippen molar-refractivity contribution in [3.8, 4) is 0 Å². The zero-order valence-corrected chi connectivity index (χ0v) is 12.8. The SMILES string of the molecule is Cc1noc(C)c1C(C)NC(=S)NC1CCCCC1. The molecule has 1 aliphatic carbocycles. The fraction of sp³-hybridized carbons (Fsp3) is 0.714. The van der Waals surface area contributed by atoms with E-state index in [4.69, 9.17) is 16.7 Å². The lowest BCUT2D eigenvalue weighted by atomic mass is 9.96. The maximum absolute atomic E-state index is 5.40. The van der Waals surface area contributed by atoms with Crippen LogP contribution >= 0.6 is 12.2 Å². The van der Waals surface area contributed by atoms with Crippen LogP contribution in [0, 0.1) is 13.8 Å². The van der Waals surface area contributed by atoms with E-state index in [1.807, 2.05) is 13.8 Å². The quantitative estimate of drug-likeness (QED) is 0.834. The molecule has 5 heteroatoms. The smallest absolute Gasteiger partial charge is 0.166 e. The molecule has 0 bridgehead atoms. The van der Waals surface area contributed by atoms with E-state index in [1.165, 1.54) is 32.1 Å². The Bertz CT molecular complexity index is 418. The largest absolute Gasteiger partial charge is 0.361 e. The third-order valence-corrected chi connectivity index (χ3v) is 4.05. The number of thiocarbonyl (C=S) groups is 1. The van der Waals surface area contributed by atoms with Gasteiger partial charge < -0.3 is 15.2 Å². The first kappa shape index (κ1) is 14.3. The minimum absolute atomic E-state index is 0.120. The van der Waals surface area contributed by atoms with E-state index in [1.54, 1.807) is 0 Å². The van der Waals surface area contributed by atoms with Crippen LogP contribution in [0.5, 0.6) is 0 Å². The van der Waals surface area contributed by atoms with Crippen LogP contribution in [-0.4, -0.2) is 16.3 Å². The van der Waals surface area contributed by atoms with Gasteiger partial charge in [0.15, 0.2) is 5.11 Å². The summed E-state index contributed by atoms with van der Waals surface area (Å²) in [6.07, 6.45) is 6.41. The molecule has 0 radical (unpaired) electrons. The van der Waals surface area contributed by atoms with Gasteiger partial charge in [-0.25, -0.2) is 0 Å². The lowest BCUT2D eigenvalue weighted by Gasteiger charge is -2.26. The minimum atomic E-state index is 0.120. The highest BCUT2D eigenvalue weighted by Crippen LogP contribution is 2.21. The molecule has 0 amide bonds. The molecule has 0 aliphatic heterocycles. The molecule has 106 valence electrons. The average molecular weight is 281 g/mol. The first-order valence-corrected chi connectivity index (χ1v) is 7.48. The molecule has 1 unspecified atom stereocenters. The lowest BCUT2D eigenvalue weighted by Crippen LogP contribution is -2.43. The van der Waals surface area contributed by atoms with Gasteiger partial charge in [-0.05, 0) is 45.8 Å². The number of hydrogen-bond acceptors (Lipinski definition) is 3.